The molecule has 0 heterocycles. The van der Waals surface area contributed by atoms with Gasteiger partial charge in [-0.25, -0.2) is 0 Å². The number of benzene rings is 2. The van der Waals surface area contributed by atoms with Gasteiger partial charge in [0, 0.05) is 11.6 Å². The van der Waals surface area contributed by atoms with Crippen LogP contribution in [0.3, 0.4) is 0 Å². The molecular weight excluding hydrogens is 300 g/mol. The van der Waals surface area contributed by atoms with Crippen LogP contribution in [0.15, 0.2) is 60.2 Å². The highest BCUT2D eigenvalue weighted by Crippen LogP contribution is 2.16. The van der Waals surface area contributed by atoms with Gasteiger partial charge in [-0.05, 0) is 35.9 Å². The number of hydrogen-bond donors (Lipinski definition) is 1. The molecule has 0 saturated heterocycles. The molecule has 4 heteroatoms. The van der Waals surface area contributed by atoms with Gasteiger partial charge in [0.25, 0.3) is 5.91 Å². The van der Waals surface area contributed by atoms with Crippen LogP contribution in [0.5, 0.6) is 0 Å². The van der Waals surface area contributed by atoms with Crippen LogP contribution in [0, 0.1) is 17.2 Å². The van der Waals surface area contributed by atoms with E-state index in [4.69, 9.17) is 5.26 Å². The van der Waals surface area contributed by atoms with E-state index in [1.165, 1.54) is 0 Å². The standard InChI is InChI=1S/C20H18N2O2/c1-14(2)19(23)18(12-15-8-10-16(13-21)11-9-15)20(24)22-17-6-4-3-5-7-17/h3-12,14H,1-2H3,(H,22,24)/b18-12-. The van der Waals surface area contributed by atoms with E-state index >= 15 is 0 Å². The second kappa shape index (κ2) is 7.89. The number of nitriles is 1. The van der Waals surface area contributed by atoms with Crippen LogP contribution in [-0.2, 0) is 9.59 Å². The third-order valence-electron chi connectivity index (χ3n) is 3.42. The molecule has 0 aliphatic carbocycles. The fraction of sp³-hybridized carbons (Fsp3) is 0.150. The predicted octanol–water partition coefficient (Wildman–Crippen LogP) is 3.81. The number of ketones is 1. The minimum absolute atomic E-state index is 0.0959. The third-order valence-corrected chi connectivity index (χ3v) is 3.42. The summed E-state index contributed by atoms with van der Waals surface area (Å²) >= 11 is 0. The zero-order chi connectivity index (χ0) is 17.5. The van der Waals surface area contributed by atoms with Crippen LogP contribution in [0.25, 0.3) is 6.08 Å². The van der Waals surface area contributed by atoms with Gasteiger partial charge in [0.1, 0.15) is 0 Å². The van der Waals surface area contributed by atoms with Gasteiger partial charge in [0.05, 0.1) is 17.2 Å². The van der Waals surface area contributed by atoms with Crippen molar-refractivity contribution in [2.24, 2.45) is 5.92 Å². The average molecular weight is 318 g/mol. The first-order valence-electron chi connectivity index (χ1n) is 7.63. The monoisotopic (exact) mass is 318 g/mol. The third kappa shape index (κ3) is 4.40. The number of nitrogens with zero attached hydrogens (tertiary/aromatic N) is 1. The molecule has 0 atom stereocenters. The maximum atomic E-state index is 12.5. The van der Waals surface area contributed by atoms with E-state index in [0.717, 1.165) is 0 Å². The first-order valence-corrected chi connectivity index (χ1v) is 7.63. The summed E-state index contributed by atoms with van der Waals surface area (Å²) in [5.41, 5.74) is 1.95. The van der Waals surface area contributed by atoms with Crippen molar-refractivity contribution in [2.75, 3.05) is 5.32 Å². The number of amides is 1. The molecule has 0 aliphatic rings. The highest BCUT2D eigenvalue weighted by atomic mass is 16.2. The molecule has 0 spiro atoms. The lowest BCUT2D eigenvalue weighted by atomic mass is 9.97. The zero-order valence-electron chi connectivity index (χ0n) is 13.6. The van der Waals surface area contributed by atoms with Crippen molar-refractivity contribution in [1.29, 1.82) is 5.26 Å². The quantitative estimate of drug-likeness (QED) is 0.518. The maximum absolute atomic E-state index is 12.5. The van der Waals surface area contributed by atoms with Crippen molar-refractivity contribution in [1.82, 2.24) is 0 Å². The van der Waals surface area contributed by atoms with E-state index in [1.807, 2.05) is 24.3 Å². The first-order chi connectivity index (χ1) is 11.5. The lowest BCUT2D eigenvalue weighted by Gasteiger charge is -2.10. The average Bonchev–Trinajstić information content (AvgIpc) is 2.60. The Morgan fingerprint density at radius 3 is 2.21 bits per heavy atom. The summed E-state index contributed by atoms with van der Waals surface area (Å²) in [6.07, 6.45) is 1.56. The van der Waals surface area contributed by atoms with Gasteiger partial charge >= 0.3 is 0 Å². The van der Waals surface area contributed by atoms with Crippen LogP contribution in [-0.4, -0.2) is 11.7 Å². The van der Waals surface area contributed by atoms with Crippen molar-refractivity contribution in [2.45, 2.75) is 13.8 Å². The van der Waals surface area contributed by atoms with Crippen molar-refractivity contribution in [3.8, 4) is 6.07 Å². The highest BCUT2D eigenvalue weighted by molar-refractivity contribution is 6.26. The second-order valence-electron chi connectivity index (χ2n) is 5.63. The number of nitrogens with one attached hydrogen (secondary N) is 1. The Hall–Kier alpha value is -3.19. The topological polar surface area (TPSA) is 70.0 Å². The highest BCUT2D eigenvalue weighted by Gasteiger charge is 2.21. The van der Waals surface area contributed by atoms with Gasteiger partial charge in [-0.1, -0.05) is 44.2 Å². The Balaban J connectivity index is 2.33. The molecule has 2 rings (SSSR count). The molecule has 0 saturated carbocycles. The Morgan fingerprint density at radius 1 is 1.04 bits per heavy atom. The smallest absolute Gasteiger partial charge is 0.259 e. The second-order valence-corrected chi connectivity index (χ2v) is 5.63. The van der Waals surface area contributed by atoms with E-state index in [2.05, 4.69) is 5.32 Å². The summed E-state index contributed by atoms with van der Waals surface area (Å²) in [5.74, 6) is -0.965. The molecular formula is C20H18N2O2. The molecule has 0 bridgehead atoms. The first kappa shape index (κ1) is 17.2. The van der Waals surface area contributed by atoms with Crippen molar-refractivity contribution < 1.29 is 9.59 Å². The Bertz CT molecular complexity index is 798. The van der Waals surface area contributed by atoms with E-state index in [9.17, 15) is 9.59 Å². The molecule has 0 aliphatic heterocycles. The number of rotatable bonds is 5. The van der Waals surface area contributed by atoms with E-state index in [0.29, 0.717) is 16.8 Å². The molecule has 0 aromatic heterocycles. The van der Waals surface area contributed by atoms with E-state index < -0.39 is 5.91 Å². The number of para-hydroxylation sites is 1. The summed E-state index contributed by atoms with van der Waals surface area (Å²) < 4.78 is 0. The number of carbonyl (C=O) groups is 2. The van der Waals surface area contributed by atoms with Gasteiger partial charge in [-0.2, -0.15) is 5.26 Å². The van der Waals surface area contributed by atoms with Gasteiger partial charge < -0.3 is 5.32 Å². The predicted molar refractivity (Wildman–Crippen MR) is 94.1 cm³/mol. The van der Waals surface area contributed by atoms with Crippen LogP contribution < -0.4 is 5.32 Å². The molecule has 4 nitrogen and oxygen atoms in total. The van der Waals surface area contributed by atoms with Crippen LogP contribution in [0.2, 0.25) is 0 Å². The largest absolute Gasteiger partial charge is 0.322 e. The summed E-state index contributed by atoms with van der Waals surface area (Å²) in [5, 5.41) is 11.6. The fourth-order valence-electron chi connectivity index (χ4n) is 2.10. The molecule has 0 unspecified atom stereocenters. The Labute approximate surface area is 141 Å². The number of Topliss-reactive ketones (excluding diaryl/α,β-unsaturated/α-hetero) is 1. The number of anilines is 1. The number of hydrogen-bond acceptors (Lipinski definition) is 3. The summed E-state index contributed by atoms with van der Waals surface area (Å²) in [7, 11) is 0. The van der Waals surface area contributed by atoms with Crippen molar-refractivity contribution >= 4 is 23.5 Å². The molecule has 0 radical (unpaired) electrons. The Kier molecular flexibility index (Phi) is 5.64. The van der Waals surface area contributed by atoms with E-state index in [-0.39, 0.29) is 17.3 Å². The zero-order valence-corrected chi connectivity index (χ0v) is 13.6. The van der Waals surface area contributed by atoms with Crippen molar-refractivity contribution in [3.05, 3.63) is 71.3 Å². The van der Waals surface area contributed by atoms with Gasteiger partial charge in [0.2, 0.25) is 0 Å². The number of carbonyl (C=O) groups excluding carboxylic acids is 2. The lowest BCUT2D eigenvalue weighted by molar-refractivity contribution is -0.121. The normalized spacial score (nSPS) is 11.0. The fourth-order valence-corrected chi connectivity index (χ4v) is 2.10. The molecule has 2 aromatic carbocycles. The SMILES string of the molecule is CC(C)C(=O)/C(=C/c1ccc(C#N)cc1)C(=O)Nc1ccccc1. The van der Waals surface area contributed by atoms with Gasteiger partial charge in [0.15, 0.2) is 5.78 Å². The molecule has 120 valence electrons. The van der Waals surface area contributed by atoms with Crippen LogP contribution >= 0.6 is 0 Å². The van der Waals surface area contributed by atoms with Crippen molar-refractivity contribution in [3.63, 3.8) is 0 Å². The summed E-state index contributed by atoms with van der Waals surface area (Å²) in [6, 6.07) is 17.8. The molecule has 0 fully saturated rings. The summed E-state index contributed by atoms with van der Waals surface area (Å²) in [6.45, 7) is 3.51. The van der Waals surface area contributed by atoms with Gasteiger partial charge in [-0.15, -0.1) is 0 Å². The molecule has 1 amide bonds. The van der Waals surface area contributed by atoms with Gasteiger partial charge in [-0.3, -0.25) is 9.59 Å². The Morgan fingerprint density at radius 2 is 1.67 bits per heavy atom. The van der Waals surface area contributed by atoms with Crippen LogP contribution in [0.1, 0.15) is 25.0 Å². The maximum Gasteiger partial charge on any atom is 0.259 e. The van der Waals surface area contributed by atoms with Crippen LogP contribution in [0.4, 0.5) is 5.69 Å². The molecule has 2 aromatic rings. The minimum Gasteiger partial charge on any atom is -0.322 e. The summed E-state index contributed by atoms with van der Waals surface area (Å²) in [4.78, 5) is 25.0. The molecule has 1 N–H and O–H groups in total. The molecule has 24 heavy (non-hydrogen) atoms. The minimum atomic E-state index is -0.441. The van der Waals surface area contributed by atoms with E-state index in [1.54, 1.807) is 56.3 Å². The lowest BCUT2D eigenvalue weighted by Crippen LogP contribution is -2.23.